The van der Waals surface area contributed by atoms with E-state index in [9.17, 15) is 0 Å². The Morgan fingerprint density at radius 2 is 1.88 bits per heavy atom. The van der Waals surface area contributed by atoms with Crippen LogP contribution in [0.1, 0.15) is 5.56 Å². The minimum Gasteiger partial charge on any atom is -0.353 e. The Morgan fingerprint density at radius 1 is 1.04 bits per heavy atom. The van der Waals surface area contributed by atoms with Gasteiger partial charge in [-0.05, 0) is 25.1 Å². The molecule has 1 aliphatic rings. The quantitative estimate of drug-likeness (QED) is 0.770. The number of fused-ring (bicyclic) bond motifs is 1. The Labute approximate surface area is 147 Å². The monoisotopic (exact) mass is 337 g/mol. The SMILES string of the molecule is Cc1cccc(-c2nnc3ccc(N4CCN(CCN)CC4)nn23)c1. The number of nitrogens with two attached hydrogens (primary N) is 1. The fourth-order valence-corrected chi connectivity index (χ4v) is 3.30. The molecule has 0 radical (unpaired) electrons. The molecular formula is C18H23N7. The molecule has 1 aliphatic heterocycles. The molecule has 0 saturated carbocycles. The maximum Gasteiger partial charge on any atom is 0.185 e. The average molecular weight is 337 g/mol. The molecule has 25 heavy (non-hydrogen) atoms. The Bertz CT molecular complexity index is 865. The largest absolute Gasteiger partial charge is 0.353 e. The van der Waals surface area contributed by atoms with E-state index in [4.69, 9.17) is 10.8 Å². The summed E-state index contributed by atoms with van der Waals surface area (Å²) in [7, 11) is 0. The molecule has 0 amide bonds. The number of nitrogens with zero attached hydrogens (tertiary/aromatic N) is 6. The highest BCUT2D eigenvalue weighted by Crippen LogP contribution is 2.21. The van der Waals surface area contributed by atoms with Gasteiger partial charge in [-0.25, -0.2) is 0 Å². The lowest BCUT2D eigenvalue weighted by atomic mass is 10.1. The second kappa shape index (κ2) is 6.78. The van der Waals surface area contributed by atoms with Crippen LogP contribution in [0.5, 0.6) is 0 Å². The number of aryl methyl sites for hydroxylation is 1. The van der Waals surface area contributed by atoms with Gasteiger partial charge < -0.3 is 10.6 Å². The third-order valence-electron chi connectivity index (χ3n) is 4.67. The highest BCUT2D eigenvalue weighted by atomic mass is 15.4. The van der Waals surface area contributed by atoms with Gasteiger partial charge >= 0.3 is 0 Å². The smallest absolute Gasteiger partial charge is 0.185 e. The van der Waals surface area contributed by atoms with Crippen molar-refractivity contribution in [2.45, 2.75) is 6.92 Å². The first kappa shape index (κ1) is 16.0. The van der Waals surface area contributed by atoms with Crippen molar-refractivity contribution in [3.8, 4) is 11.4 Å². The van der Waals surface area contributed by atoms with Crippen molar-refractivity contribution in [2.24, 2.45) is 5.73 Å². The van der Waals surface area contributed by atoms with Crippen molar-refractivity contribution in [3.63, 3.8) is 0 Å². The second-order valence-corrected chi connectivity index (χ2v) is 6.47. The van der Waals surface area contributed by atoms with E-state index in [1.54, 1.807) is 0 Å². The molecule has 0 bridgehead atoms. The third-order valence-corrected chi connectivity index (χ3v) is 4.67. The van der Waals surface area contributed by atoms with Crippen molar-refractivity contribution >= 4 is 11.5 Å². The molecule has 1 aromatic carbocycles. The van der Waals surface area contributed by atoms with Crippen LogP contribution in [0.4, 0.5) is 5.82 Å². The van der Waals surface area contributed by atoms with E-state index in [2.05, 4.69) is 39.1 Å². The van der Waals surface area contributed by atoms with Gasteiger partial charge in [-0.15, -0.1) is 15.3 Å². The first-order chi connectivity index (χ1) is 12.2. The van der Waals surface area contributed by atoms with Crippen LogP contribution in [0.3, 0.4) is 0 Å². The summed E-state index contributed by atoms with van der Waals surface area (Å²) in [6, 6.07) is 12.3. The number of anilines is 1. The Balaban J connectivity index is 1.63. The summed E-state index contributed by atoms with van der Waals surface area (Å²) >= 11 is 0. The molecule has 0 atom stereocenters. The molecule has 1 saturated heterocycles. The topological polar surface area (TPSA) is 75.6 Å². The standard InChI is InChI=1S/C18H23N7/c1-14-3-2-4-15(13-14)18-21-20-16-5-6-17(22-25(16)18)24-11-9-23(8-7-19)10-12-24/h2-6,13H,7-12,19H2,1H3. The number of hydrogen-bond acceptors (Lipinski definition) is 6. The fraction of sp³-hybridized carbons (Fsp3) is 0.389. The van der Waals surface area contributed by atoms with Crippen molar-refractivity contribution in [3.05, 3.63) is 42.0 Å². The lowest BCUT2D eigenvalue weighted by Gasteiger charge is -2.35. The van der Waals surface area contributed by atoms with Crippen LogP contribution in [0.2, 0.25) is 0 Å². The molecule has 7 heteroatoms. The van der Waals surface area contributed by atoms with E-state index >= 15 is 0 Å². The summed E-state index contributed by atoms with van der Waals surface area (Å²) in [6.45, 7) is 7.70. The molecule has 1 fully saturated rings. The third kappa shape index (κ3) is 3.20. The van der Waals surface area contributed by atoms with Gasteiger partial charge in [0, 0.05) is 44.8 Å². The van der Waals surface area contributed by atoms with Gasteiger partial charge in [-0.2, -0.15) is 4.52 Å². The van der Waals surface area contributed by atoms with Crippen LogP contribution in [-0.4, -0.2) is 64.0 Å². The predicted octanol–water partition coefficient (Wildman–Crippen LogP) is 1.18. The summed E-state index contributed by atoms with van der Waals surface area (Å²) in [6.07, 6.45) is 0. The Morgan fingerprint density at radius 3 is 2.64 bits per heavy atom. The van der Waals surface area contributed by atoms with Gasteiger partial charge in [0.2, 0.25) is 0 Å². The van der Waals surface area contributed by atoms with E-state index in [0.29, 0.717) is 6.54 Å². The molecule has 3 heterocycles. The predicted molar refractivity (Wildman–Crippen MR) is 98.7 cm³/mol. The number of hydrogen-bond donors (Lipinski definition) is 1. The zero-order chi connectivity index (χ0) is 17.2. The molecule has 0 unspecified atom stereocenters. The van der Waals surface area contributed by atoms with Gasteiger partial charge in [0.05, 0.1) is 0 Å². The van der Waals surface area contributed by atoms with E-state index in [-0.39, 0.29) is 0 Å². The van der Waals surface area contributed by atoms with Gasteiger partial charge in [0.25, 0.3) is 0 Å². The van der Waals surface area contributed by atoms with Crippen molar-refractivity contribution in [1.29, 1.82) is 0 Å². The van der Waals surface area contributed by atoms with Crippen LogP contribution >= 0.6 is 0 Å². The molecule has 7 nitrogen and oxygen atoms in total. The van der Waals surface area contributed by atoms with Crippen LogP contribution in [-0.2, 0) is 0 Å². The van der Waals surface area contributed by atoms with Crippen molar-refractivity contribution in [2.75, 3.05) is 44.2 Å². The minimum atomic E-state index is 0.713. The first-order valence-corrected chi connectivity index (χ1v) is 8.71. The molecule has 2 aromatic heterocycles. The zero-order valence-corrected chi connectivity index (χ0v) is 14.5. The molecule has 0 aliphatic carbocycles. The fourth-order valence-electron chi connectivity index (χ4n) is 3.30. The molecule has 2 N–H and O–H groups in total. The first-order valence-electron chi connectivity index (χ1n) is 8.71. The molecule has 3 aromatic rings. The maximum absolute atomic E-state index is 5.65. The number of rotatable bonds is 4. The number of benzene rings is 1. The second-order valence-electron chi connectivity index (χ2n) is 6.47. The molecule has 4 rings (SSSR count). The summed E-state index contributed by atoms with van der Waals surface area (Å²) in [5.41, 5.74) is 8.65. The summed E-state index contributed by atoms with van der Waals surface area (Å²) in [5, 5.41) is 13.4. The Hall–Kier alpha value is -2.51. The Kier molecular flexibility index (Phi) is 4.33. The highest BCUT2D eigenvalue weighted by Gasteiger charge is 2.19. The summed E-state index contributed by atoms with van der Waals surface area (Å²) < 4.78 is 1.84. The lowest BCUT2D eigenvalue weighted by Crippen LogP contribution is -2.48. The minimum absolute atomic E-state index is 0.713. The average Bonchev–Trinajstić information content (AvgIpc) is 3.06. The number of aromatic nitrogens is 4. The molecular weight excluding hydrogens is 314 g/mol. The van der Waals surface area contributed by atoms with Crippen molar-refractivity contribution in [1.82, 2.24) is 24.7 Å². The van der Waals surface area contributed by atoms with Gasteiger partial charge in [-0.3, -0.25) is 4.90 Å². The van der Waals surface area contributed by atoms with Gasteiger partial charge in [0.1, 0.15) is 5.82 Å². The highest BCUT2D eigenvalue weighted by molar-refractivity contribution is 5.60. The zero-order valence-electron chi connectivity index (χ0n) is 14.5. The number of piperazine rings is 1. The van der Waals surface area contributed by atoms with Crippen LogP contribution in [0.25, 0.3) is 17.0 Å². The van der Waals surface area contributed by atoms with Crippen LogP contribution < -0.4 is 10.6 Å². The summed E-state index contributed by atoms with van der Waals surface area (Å²) in [5.74, 6) is 1.75. The normalized spacial score (nSPS) is 15.8. The lowest BCUT2D eigenvalue weighted by molar-refractivity contribution is 0.264. The van der Waals surface area contributed by atoms with Crippen molar-refractivity contribution < 1.29 is 0 Å². The van der Waals surface area contributed by atoms with E-state index in [0.717, 1.165) is 55.6 Å². The molecule has 0 spiro atoms. The van der Waals surface area contributed by atoms with E-state index in [1.165, 1.54) is 5.56 Å². The van der Waals surface area contributed by atoms with E-state index in [1.807, 2.05) is 28.8 Å². The molecule has 130 valence electrons. The maximum atomic E-state index is 5.65. The van der Waals surface area contributed by atoms with Gasteiger partial charge in [-0.1, -0.05) is 23.8 Å². The summed E-state index contributed by atoms with van der Waals surface area (Å²) in [4.78, 5) is 4.71. The van der Waals surface area contributed by atoms with E-state index < -0.39 is 0 Å². The van der Waals surface area contributed by atoms with Gasteiger partial charge in [0.15, 0.2) is 11.5 Å². The van der Waals surface area contributed by atoms with Crippen LogP contribution in [0.15, 0.2) is 36.4 Å². The van der Waals surface area contributed by atoms with Crippen LogP contribution in [0, 0.1) is 6.92 Å².